The first-order chi connectivity index (χ1) is 19.3. The number of nitrogens with one attached hydrogen (secondary N) is 2. The number of carboxylic acids is 1. The maximum atomic E-state index is 13.2. The van der Waals surface area contributed by atoms with Crippen LogP contribution in [0.5, 0.6) is 0 Å². The molecule has 2 atom stereocenters. The van der Waals surface area contributed by atoms with E-state index in [-0.39, 0.29) is 35.4 Å². The number of carboxylic acid groups (broad SMARTS) is 1. The van der Waals surface area contributed by atoms with Crippen LogP contribution in [0.2, 0.25) is 0 Å². The third-order valence-corrected chi connectivity index (χ3v) is 8.27. The molecule has 4 aliphatic heterocycles. The Morgan fingerprint density at radius 3 is 2.90 bits per heavy atom. The second-order valence-corrected chi connectivity index (χ2v) is 10.8. The number of amidine groups is 1. The van der Waals surface area contributed by atoms with Gasteiger partial charge in [0.1, 0.15) is 41.1 Å². The molecule has 0 bridgehead atoms. The van der Waals surface area contributed by atoms with Gasteiger partial charge in [-0.05, 0) is 18.6 Å². The van der Waals surface area contributed by atoms with Gasteiger partial charge in [0.05, 0.1) is 6.54 Å². The summed E-state index contributed by atoms with van der Waals surface area (Å²) in [7, 11) is 0. The number of thioether (sulfide) groups is 1. The van der Waals surface area contributed by atoms with Gasteiger partial charge in [0.15, 0.2) is 10.8 Å². The zero-order chi connectivity index (χ0) is 28.4. The Morgan fingerprint density at radius 1 is 1.38 bits per heavy atom. The minimum absolute atomic E-state index is 0.0730. The van der Waals surface area contributed by atoms with Crippen molar-refractivity contribution in [3.8, 4) is 0 Å². The molecule has 7 N–H and O–H groups in total. The maximum absolute atomic E-state index is 13.2. The Labute approximate surface area is 237 Å². The van der Waals surface area contributed by atoms with Crippen LogP contribution in [0, 0.1) is 0 Å². The van der Waals surface area contributed by atoms with E-state index in [4.69, 9.17) is 16.3 Å². The van der Waals surface area contributed by atoms with E-state index < -0.39 is 29.2 Å². The fourth-order valence-electron chi connectivity index (χ4n) is 4.50. The van der Waals surface area contributed by atoms with Gasteiger partial charge in [-0.1, -0.05) is 5.16 Å². The molecule has 1 aromatic rings. The third-order valence-electron chi connectivity index (χ3n) is 6.26. The van der Waals surface area contributed by atoms with Crippen molar-refractivity contribution in [2.75, 3.05) is 37.7 Å². The fraction of sp³-hybridized carbons (Fsp3) is 0.391. The molecule has 17 heteroatoms. The zero-order valence-electron chi connectivity index (χ0n) is 21.4. The number of nitrogen functional groups attached to an aromatic ring is 1. The molecular formula is C23H28N10O5S2. The van der Waals surface area contributed by atoms with Crippen LogP contribution < -0.4 is 22.2 Å². The molecule has 0 radical (unpaired) electrons. The third kappa shape index (κ3) is 5.22. The number of fused-ring (bicyclic) bond motifs is 2. The molecule has 1 saturated heterocycles. The van der Waals surface area contributed by atoms with E-state index in [1.807, 2.05) is 23.4 Å². The van der Waals surface area contributed by atoms with Gasteiger partial charge in [-0.3, -0.25) is 24.9 Å². The number of hydrogen-bond donors (Lipinski definition) is 5. The quantitative estimate of drug-likeness (QED) is 0.132. The number of amides is 2. The number of hydrogen-bond acceptors (Lipinski definition) is 13. The molecule has 1 fully saturated rings. The smallest absolute Gasteiger partial charge is 0.352 e. The lowest BCUT2D eigenvalue weighted by atomic mass is 10.0. The standard InChI is InChI=1S/C23H28N10O5S2/c1-2-38-30-16(13-11-40-23(25)27-13)19(34)28-17-20(35)33-18(22(36)37)12(10-39-21(17)33)9-31-7-8-32-15(31)4-3-14(29-32)26-6-5-24/h4,7-8,11,17,21H,2-3,5-6,9-10,24H2,1H3,(H2,25,27)(H,26,29)(H,28,34)(H,36,37)/t17-,21-/m0/s1. The summed E-state index contributed by atoms with van der Waals surface area (Å²) in [4.78, 5) is 55.3. The molecule has 40 heavy (non-hydrogen) atoms. The molecule has 2 amide bonds. The Morgan fingerprint density at radius 2 is 2.20 bits per heavy atom. The van der Waals surface area contributed by atoms with Crippen molar-refractivity contribution in [1.82, 2.24) is 30.5 Å². The lowest BCUT2D eigenvalue weighted by Gasteiger charge is -2.49. The van der Waals surface area contributed by atoms with Gasteiger partial charge in [0, 0.05) is 43.0 Å². The van der Waals surface area contributed by atoms with Gasteiger partial charge in [-0.15, -0.1) is 23.1 Å². The SMILES string of the molecule is CCON=C(C(=O)N[C@H]1C(=O)N2C(C(=O)O)=C(CN3C=CN4NC(=NCCN)CC=C34)CS[C@@H]12)c1csc(N)n1. The molecule has 0 aliphatic carbocycles. The monoisotopic (exact) mass is 588 g/mol. The summed E-state index contributed by atoms with van der Waals surface area (Å²) in [5.74, 6) is -0.417. The number of aromatic nitrogens is 1. The van der Waals surface area contributed by atoms with Gasteiger partial charge in [-0.25, -0.2) is 14.8 Å². The van der Waals surface area contributed by atoms with E-state index in [1.54, 1.807) is 17.3 Å². The average molecular weight is 589 g/mol. The van der Waals surface area contributed by atoms with Crippen LogP contribution in [-0.4, -0.2) is 97.6 Å². The number of aliphatic carboxylic acids is 1. The number of carbonyl (C=O) groups excluding carboxylic acids is 2. The molecule has 0 unspecified atom stereocenters. The number of oxime groups is 1. The number of nitrogens with zero attached hydrogens (tertiary/aromatic N) is 6. The second-order valence-electron chi connectivity index (χ2n) is 8.84. The number of thiazole rings is 1. The first-order valence-corrected chi connectivity index (χ1v) is 14.3. The van der Waals surface area contributed by atoms with Gasteiger partial charge in [0.2, 0.25) is 0 Å². The van der Waals surface area contributed by atoms with Crippen LogP contribution in [0.1, 0.15) is 19.0 Å². The van der Waals surface area contributed by atoms with E-state index >= 15 is 0 Å². The Hall–Kier alpha value is -4.09. The van der Waals surface area contributed by atoms with Gasteiger partial charge >= 0.3 is 5.97 Å². The summed E-state index contributed by atoms with van der Waals surface area (Å²) >= 11 is 2.52. The highest BCUT2D eigenvalue weighted by molar-refractivity contribution is 8.00. The zero-order valence-corrected chi connectivity index (χ0v) is 23.1. The summed E-state index contributed by atoms with van der Waals surface area (Å²) in [6.45, 7) is 3.18. The highest BCUT2D eigenvalue weighted by Gasteiger charge is 2.54. The van der Waals surface area contributed by atoms with Crippen LogP contribution in [0.3, 0.4) is 0 Å². The van der Waals surface area contributed by atoms with Gasteiger partial charge < -0.3 is 31.6 Å². The predicted molar refractivity (Wildman–Crippen MR) is 149 cm³/mol. The Balaban J connectivity index is 1.30. The summed E-state index contributed by atoms with van der Waals surface area (Å²) < 4.78 is 0. The van der Waals surface area contributed by atoms with Crippen molar-refractivity contribution in [2.45, 2.75) is 24.8 Å². The maximum Gasteiger partial charge on any atom is 0.352 e. The van der Waals surface area contributed by atoms with Crippen molar-refractivity contribution in [3.05, 3.63) is 46.6 Å². The van der Waals surface area contributed by atoms with E-state index in [9.17, 15) is 19.5 Å². The van der Waals surface area contributed by atoms with Gasteiger partial charge in [0.25, 0.3) is 11.8 Å². The van der Waals surface area contributed by atoms with Crippen LogP contribution >= 0.6 is 23.1 Å². The molecule has 5 rings (SSSR count). The molecular weight excluding hydrogens is 560 g/mol. The first-order valence-electron chi connectivity index (χ1n) is 12.4. The molecule has 0 spiro atoms. The van der Waals surface area contributed by atoms with Crippen LogP contribution in [0.15, 0.2) is 51.1 Å². The number of nitrogens with two attached hydrogens (primary N) is 2. The first kappa shape index (κ1) is 27.5. The van der Waals surface area contributed by atoms with Gasteiger partial charge in [-0.2, -0.15) is 0 Å². The summed E-state index contributed by atoms with van der Waals surface area (Å²) in [6, 6.07) is -0.935. The molecule has 1 aromatic heterocycles. The number of β-lactam (4-membered cyclic amide) rings is 1. The van der Waals surface area contributed by atoms with E-state index in [2.05, 4.69) is 25.9 Å². The summed E-state index contributed by atoms with van der Waals surface area (Å²) in [5.41, 5.74) is 15.0. The lowest BCUT2D eigenvalue weighted by molar-refractivity contribution is -0.150. The van der Waals surface area contributed by atoms with E-state index in [0.29, 0.717) is 30.8 Å². The Kier molecular flexibility index (Phi) is 7.95. The van der Waals surface area contributed by atoms with Crippen molar-refractivity contribution < 1.29 is 24.3 Å². The molecule has 212 valence electrons. The number of aliphatic imine (C=N–C) groups is 1. The van der Waals surface area contributed by atoms with Crippen molar-refractivity contribution >= 4 is 57.6 Å². The van der Waals surface area contributed by atoms with Crippen molar-refractivity contribution in [2.24, 2.45) is 15.9 Å². The van der Waals surface area contributed by atoms with Crippen LogP contribution in [-0.2, 0) is 19.2 Å². The fourth-order valence-corrected chi connectivity index (χ4v) is 6.39. The Bertz CT molecular complexity index is 1370. The summed E-state index contributed by atoms with van der Waals surface area (Å²) in [6.07, 6.45) is 6.23. The number of carbonyl (C=O) groups is 3. The highest BCUT2D eigenvalue weighted by Crippen LogP contribution is 2.41. The molecule has 15 nitrogen and oxygen atoms in total. The minimum atomic E-state index is -1.21. The van der Waals surface area contributed by atoms with Crippen LogP contribution in [0.4, 0.5) is 5.13 Å². The van der Waals surface area contributed by atoms with Crippen molar-refractivity contribution in [3.63, 3.8) is 0 Å². The number of hydrazine groups is 1. The lowest BCUT2D eigenvalue weighted by Crippen LogP contribution is -2.71. The van der Waals surface area contributed by atoms with E-state index in [0.717, 1.165) is 23.0 Å². The topological polar surface area (TPSA) is 204 Å². The molecule has 4 aliphatic rings. The number of rotatable bonds is 10. The largest absolute Gasteiger partial charge is 0.477 e. The van der Waals surface area contributed by atoms with Crippen LogP contribution in [0.25, 0.3) is 0 Å². The normalized spacial score (nSPS) is 23.0. The highest BCUT2D eigenvalue weighted by atomic mass is 32.2. The van der Waals surface area contributed by atoms with E-state index in [1.165, 1.54) is 16.7 Å². The van der Waals surface area contributed by atoms with Crippen molar-refractivity contribution in [1.29, 1.82) is 0 Å². The summed E-state index contributed by atoms with van der Waals surface area (Å²) in [5, 5.41) is 19.6. The second kappa shape index (κ2) is 11.6. The minimum Gasteiger partial charge on any atom is -0.477 e. The molecule has 0 aromatic carbocycles. The average Bonchev–Trinajstić information content (AvgIpc) is 3.55. The molecule has 5 heterocycles. The predicted octanol–water partition coefficient (Wildman–Crippen LogP) is -0.600. The number of anilines is 1. The molecule has 0 saturated carbocycles.